The van der Waals surface area contributed by atoms with E-state index in [0.29, 0.717) is 13.0 Å². The molecule has 0 saturated carbocycles. The minimum absolute atomic E-state index is 0.0142. The molecule has 1 N–H and O–H groups in total. The molecule has 2 aromatic heterocycles. The highest BCUT2D eigenvalue weighted by atomic mass is 16.2. The van der Waals surface area contributed by atoms with Gasteiger partial charge in [-0.3, -0.25) is 9.59 Å². The van der Waals surface area contributed by atoms with Crippen molar-refractivity contribution in [1.82, 2.24) is 29.8 Å². The number of carbonyl (C=O) groups is 2. The van der Waals surface area contributed by atoms with Crippen molar-refractivity contribution in [1.29, 1.82) is 0 Å². The summed E-state index contributed by atoms with van der Waals surface area (Å²) in [6, 6.07) is 18.7. The van der Waals surface area contributed by atoms with E-state index in [1.54, 1.807) is 9.58 Å². The first kappa shape index (κ1) is 26.1. The second-order valence-electron chi connectivity index (χ2n) is 10.2. The molecule has 0 fully saturated rings. The summed E-state index contributed by atoms with van der Waals surface area (Å²) in [5.74, 6) is -0.393. The maximum Gasteiger partial charge on any atom is 0.249 e. The highest BCUT2D eigenvalue weighted by Crippen LogP contribution is 2.25. The van der Waals surface area contributed by atoms with Gasteiger partial charge in [0.2, 0.25) is 11.8 Å². The quantitative estimate of drug-likeness (QED) is 0.354. The van der Waals surface area contributed by atoms with Crippen molar-refractivity contribution in [2.45, 2.75) is 58.7 Å². The first-order valence-electron chi connectivity index (χ1n) is 12.8. The van der Waals surface area contributed by atoms with E-state index in [-0.39, 0.29) is 18.4 Å². The Morgan fingerprint density at radius 2 is 1.78 bits per heavy atom. The molecule has 2 heterocycles. The van der Waals surface area contributed by atoms with Gasteiger partial charge in [-0.05, 0) is 69.0 Å². The lowest BCUT2D eigenvalue weighted by molar-refractivity contribution is -0.142. The van der Waals surface area contributed by atoms with Crippen LogP contribution in [0.1, 0.15) is 50.1 Å². The highest BCUT2D eigenvalue weighted by Gasteiger charge is 2.35. The molecule has 0 saturated heterocycles. The molecular formula is C29H36N6O2. The van der Waals surface area contributed by atoms with E-state index in [2.05, 4.69) is 34.7 Å². The Balaban J connectivity index is 1.72. The monoisotopic (exact) mass is 500 g/mol. The van der Waals surface area contributed by atoms with Crippen molar-refractivity contribution in [3.05, 3.63) is 83.7 Å². The first-order valence-corrected chi connectivity index (χ1v) is 12.8. The summed E-state index contributed by atoms with van der Waals surface area (Å²) < 4.78 is 3.51. The van der Waals surface area contributed by atoms with Gasteiger partial charge < -0.3 is 14.8 Å². The molecule has 4 rings (SSSR count). The normalized spacial score (nSPS) is 12.5. The Kier molecular flexibility index (Phi) is 7.76. The van der Waals surface area contributed by atoms with Crippen molar-refractivity contribution in [2.75, 3.05) is 6.54 Å². The molecule has 2 amide bonds. The lowest BCUT2D eigenvalue weighted by Crippen LogP contribution is -2.51. The van der Waals surface area contributed by atoms with Gasteiger partial charge in [0.25, 0.3) is 0 Å². The summed E-state index contributed by atoms with van der Waals surface area (Å²) >= 11 is 0. The first-order chi connectivity index (χ1) is 17.7. The van der Waals surface area contributed by atoms with E-state index in [1.807, 2.05) is 87.1 Å². The minimum atomic E-state index is -0.794. The molecule has 0 spiro atoms. The van der Waals surface area contributed by atoms with Crippen LogP contribution in [0.2, 0.25) is 0 Å². The third-order valence-corrected chi connectivity index (χ3v) is 7.08. The van der Waals surface area contributed by atoms with Crippen LogP contribution < -0.4 is 5.32 Å². The molecule has 0 aliphatic rings. The summed E-state index contributed by atoms with van der Waals surface area (Å²) in [5.41, 5.74) is 4.15. The number of benzene rings is 2. The van der Waals surface area contributed by atoms with E-state index in [4.69, 9.17) is 0 Å². The summed E-state index contributed by atoms with van der Waals surface area (Å²) in [6.45, 7) is 8.46. The lowest BCUT2D eigenvalue weighted by atomic mass is 10.00. The molecule has 2 aromatic carbocycles. The number of hydrogen-bond acceptors (Lipinski definition) is 4. The molecule has 1 atom stereocenters. The number of nitrogens with zero attached hydrogens (tertiary/aromatic N) is 5. The number of nitrogens with one attached hydrogen (secondary N) is 1. The average Bonchev–Trinajstić information content (AvgIpc) is 3.48. The standard InChI is InChI=1S/C29H36N6O2/c1-6-29(3,4)30-28(37)27(25-16-11-18-33(25)5)34(19-17-22-13-8-7-12-21(22)2)26(36)20-35-24-15-10-9-14-23(24)31-32-35/h7-16,18,27H,6,17,19-20H2,1-5H3,(H,30,37)/t27-/m1/s1. The molecule has 37 heavy (non-hydrogen) atoms. The van der Waals surface area contributed by atoms with Crippen molar-refractivity contribution < 1.29 is 9.59 Å². The predicted molar refractivity (Wildman–Crippen MR) is 145 cm³/mol. The van der Waals surface area contributed by atoms with Crippen molar-refractivity contribution in [3.63, 3.8) is 0 Å². The molecule has 8 nitrogen and oxygen atoms in total. The van der Waals surface area contributed by atoms with E-state index in [0.717, 1.165) is 34.3 Å². The maximum atomic E-state index is 14.0. The predicted octanol–water partition coefficient (Wildman–Crippen LogP) is 4.20. The van der Waals surface area contributed by atoms with Crippen LogP contribution in [-0.2, 0) is 29.6 Å². The molecular weight excluding hydrogens is 464 g/mol. The van der Waals surface area contributed by atoms with Crippen molar-refractivity contribution in [3.8, 4) is 0 Å². The fourth-order valence-electron chi connectivity index (χ4n) is 4.47. The highest BCUT2D eigenvalue weighted by molar-refractivity contribution is 5.89. The summed E-state index contributed by atoms with van der Waals surface area (Å²) in [7, 11) is 1.90. The second-order valence-corrected chi connectivity index (χ2v) is 10.2. The summed E-state index contributed by atoms with van der Waals surface area (Å²) in [4.78, 5) is 29.5. The van der Waals surface area contributed by atoms with Crippen LogP contribution in [-0.4, -0.2) is 48.4 Å². The van der Waals surface area contributed by atoms with Crippen LogP contribution in [0, 0.1) is 6.92 Å². The molecule has 8 heteroatoms. The SMILES string of the molecule is CCC(C)(C)NC(=O)[C@@H](c1cccn1C)N(CCc1ccccc1C)C(=O)Cn1nnc2ccccc21. The fraction of sp³-hybridized carbons (Fsp3) is 0.379. The Morgan fingerprint density at radius 3 is 2.49 bits per heavy atom. The van der Waals surface area contributed by atoms with Crippen LogP contribution in [0.15, 0.2) is 66.9 Å². The van der Waals surface area contributed by atoms with Gasteiger partial charge in [-0.25, -0.2) is 4.68 Å². The number of carbonyl (C=O) groups excluding carboxylic acids is 2. The van der Waals surface area contributed by atoms with Gasteiger partial charge in [0.05, 0.1) is 5.52 Å². The van der Waals surface area contributed by atoms with Crippen molar-refractivity contribution >= 4 is 22.8 Å². The zero-order valence-corrected chi connectivity index (χ0v) is 22.3. The second kappa shape index (κ2) is 11.0. The fourth-order valence-corrected chi connectivity index (χ4v) is 4.47. The lowest BCUT2D eigenvalue weighted by Gasteiger charge is -2.34. The molecule has 4 aromatic rings. The van der Waals surface area contributed by atoms with Crippen LogP contribution in [0.25, 0.3) is 11.0 Å². The number of aromatic nitrogens is 4. The number of fused-ring (bicyclic) bond motifs is 1. The number of para-hydroxylation sites is 1. The summed E-state index contributed by atoms with van der Waals surface area (Å²) in [5, 5.41) is 11.6. The minimum Gasteiger partial charge on any atom is -0.352 e. The van der Waals surface area contributed by atoms with E-state index in [1.165, 1.54) is 0 Å². The van der Waals surface area contributed by atoms with Crippen LogP contribution >= 0.6 is 0 Å². The van der Waals surface area contributed by atoms with Gasteiger partial charge in [0, 0.05) is 31.0 Å². The third kappa shape index (κ3) is 5.90. The zero-order chi connectivity index (χ0) is 26.6. The zero-order valence-electron chi connectivity index (χ0n) is 22.3. The van der Waals surface area contributed by atoms with Gasteiger partial charge in [0.15, 0.2) is 6.04 Å². The maximum absolute atomic E-state index is 14.0. The van der Waals surface area contributed by atoms with Gasteiger partial charge in [0.1, 0.15) is 12.1 Å². The number of amides is 2. The van der Waals surface area contributed by atoms with Crippen LogP contribution in [0.3, 0.4) is 0 Å². The van der Waals surface area contributed by atoms with Gasteiger partial charge in [-0.1, -0.05) is 48.5 Å². The van der Waals surface area contributed by atoms with Gasteiger partial charge >= 0.3 is 0 Å². The molecule has 0 unspecified atom stereocenters. The number of rotatable bonds is 10. The Bertz CT molecular complexity index is 1390. The van der Waals surface area contributed by atoms with E-state index in [9.17, 15) is 9.59 Å². The molecule has 0 bridgehead atoms. The van der Waals surface area contributed by atoms with Gasteiger partial charge in [-0.15, -0.1) is 5.10 Å². The van der Waals surface area contributed by atoms with Crippen LogP contribution in [0.5, 0.6) is 0 Å². The topological polar surface area (TPSA) is 85.0 Å². The molecule has 194 valence electrons. The third-order valence-electron chi connectivity index (χ3n) is 7.08. The molecule has 0 aliphatic heterocycles. The Hall–Kier alpha value is -3.94. The Labute approximate surface area is 218 Å². The summed E-state index contributed by atoms with van der Waals surface area (Å²) in [6.07, 6.45) is 3.29. The van der Waals surface area contributed by atoms with Crippen LogP contribution in [0.4, 0.5) is 0 Å². The smallest absolute Gasteiger partial charge is 0.249 e. The molecule has 0 radical (unpaired) electrons. The Morgan fingerprint density at radius 1 is 1.05 bits per heavy atom. The number of aryl methyl sites for hydroxylation is 2. The average molecular weight is 501 g/mol. The number of hydrogen-bond donors (Lipinski definition) is 1. The van der Waals surface area contributed by atoms with Gasteiger partial charge in [-0.2, -0.15) is 0 Å². The van der Waals surface area contributed by atoms with E-state index >= 15 is 0 Å². The van der Waals surface area contributed by atoms with E-state index < -0.39 is 11.6 Å². The van der Waals surface area contributed by atoms with Crippen molar-refractivity contribution in [2.24, 2.45) is 7.05 Å². The largest absolute Gasteiger partial charge is 0.352 e. The molecule has 0 aliphatic carbocycles.